The number of pyridine rings is 1. The smallest absolute Gasteiger partial charge is 0.205 e. The van der Waals surface area contributed by atoms with Gasteiger partial charge in [-0.1, -0.05) is 44.2 Å². The fraction of sp³-hybridized carbons (Fsp3) is 0.346. The van der Waals surface area contributed by atoms with Crippen LogP contribution in [-0.2, 0) is 6.54 Å². The summed E-state index contributed by atoms with van der Waals surface area (Å²) in [6.45, 7) is 7.92. The molecule has 0 amide bonds. The summed E-state index contributed by atoms with van der Waals surface area (Å²) in [7, 11) is 4.14. The van der Waals surface area contributed by atoms with Crippen molar-refractivity contribution in [2.24, 2.45) is 5.41 Å². The Bertz CT molecular complexity index is 896. The molecule has 3 rings (SSSR count). The van der Waals surface area contributed by atoms with Crippen LogP contribution < -0.4 is 9.47 Å². The standard InChI is InChI=1S/C26H33N2/c1-6-28-16-8-7-9-25(28)18-23-17-22(19-26(2,3)20-23)11-10-21-12-14-24(15-13-21)27(4)5/h7-18H,6,19-20H2,1-5H3/q+1. The molecule has 1 aliphatic carbocycles. The number of anilines is 1. The van der Waals surface area contributed by atoms with E-state index in [1.165, 1.54) is 28.1 Å². The molecule has 0 saturated carbocycles. The summed E-state index contributed by atoms with van der Waals surface area (Å²) in [5, 5.41) is 0. The zero-order valence-corrected chi connectivity index (χ0v) is 17.9. The van der Waals surface area contributed by atoms with Crippen molar-refractivity contribution in [3.8, 4) is 0 Å². The summed E-state index contributed by atoms with van der Waals surface area (Å²) in [5.74, 6) is 0. The lowest BCUT2D eigenvalue weighted by atomic mass is 9.75. The summed E-state index contributed by atoms with van der Waals surface area (Å²) in [5.41, 5.74) is 6.84. The fourth-order valence-electron chi connectivity index (χ4n) is 3.89. The summed E-state index contributed by atoms with van der Waals surface area (Å²) in [6, 6.07) is 15.1. The summed E-state index contributed by atoms with van der Waals surface area (Å²) in [4.78, 5) is 2.13. The molecule has 0 radical (unpaired) electrons. The van der Waals surface area contributed by atoms with Crippen molar-refractivity contribution < 1.29 is 4.57 Å². The number of aryl methyl sites for hydroxylation is 1. The molecule has 0 N–H and O–H groups in total. The quantitative estimate of drug-likeness (QED) is 0.592. The number of hydrogen-bond acceptors (Lipinski definition) is 1. The van der Waals surface area contributed by atoms with E-state index in [1.54, 1.807) is 0 Å². The predicted molar refractivity (Wildman–Crippen MR) is 121 cm³/mol. The first kappa shape index (κ1) is 20.1. The van der Waals surface area contributed by atoms with Crippen molar-refractivity contribution >= 4 is 17.8 Å². The maximum atomic E-state index is 2.38. The fourth-order valence-corrected chi connectivity index (χ4v) is 3.89. The second kappa shape index (κ2) is 8.60. The average molecular weight is 374 g/mol. The third kappa shape index (κ3) is 5.22. The highest BCUT2D eigenvalue weighted by atomic mass is 15.1. The molecule has 0 fully saturated rings. The zero-order chi connectivity index (χ0) is 20.1. The lowest BCUT2D eigenvalue weighted by molar-refractivity contribution is -0.695. The Balaban J connectivity index is 1.86. The van der Waals surface area contributed by atoms with E-state index in [1.807, 2.05) is 0 Å². The third-order valence-electron chi connectivity index (χ3n) is 5.29. The summed E-state index contributed by atoms with van der Waals surface area (Å²) >= 11 is 0. The molecule has 2 nitrogen and oxygen atoms in total. The highest BCUT2D eigenvalue weighted by Crippen LogP contribution is 2.39. The van der Waals surface area contributed by atoms with E-state index in [9.17, 15) is 0 Å². The first-order valence-electron chi connectivity index (χ1n) is 10.2. The van der Waals surface area contributed by atoms with Crippen LogP contribution in [0.2, 0.25) is 0 Å². The Hall–Kier alpha value is -2.61. The van der Waals surface area contributed by atoms with E-state index in [2.05, 4.69) is 117 Å². The van der Waals surface area contributed by atoms with Gasteiger partial charge in [0.2, 0.25) is 5.69 Å². The molecule has 2 heteroatoms. The van der Waals surface area contributed by atoms with Crippen molar-refractivity contribution in [2.45, 2.75) is 40.2 Å². The molecular formula is C26H33N2+. The normalized spacial score (nSPS) is 17.8. The number of hydrogen-bond donors (Lipinski definition) is 0. The van der Waals surface area contributed by atoms with E-state index >= 15 is 0 Å². The largest absolute Gasteiger partial charge is 0.378 e. The zero-order valence-electron chi connectivity index (χ0n) is 17.9. The van der Waals surface area contributed by atoms with E-state index in [0.717, 1.165) is 19.4 Å². The van der Waals surface area contributed by atoms with Crippen LogP contribution in [0, 0.1) is 5.41 Å². The molecule has 1 aromatic carbocycles. The second-order valence-corrected chi connectivity index (χ2v) is 8.69. The Labute approximate surface area is 170 Å². The maximum absolute atomic E-state index is 2.38. The van der Waals surface area contributed by atoms with Gasteiger partial charge < -0.3 is 4.90 Å². The van der Waals surface area contributed by atoms with Crippen LogP contribution in [-0.4, -0.2) is 14.1 Å². The molecule has 1 aliphatic rings. The van der Waals surface area contributed by atoms with E-state index in [-0.39, 0.29) is 5.41 Å². The molecule has 2 aromatic rings. The van der Waals surface area contributed by atoms with Crippen LogP contribution >= 0.6 is 0 Å². The van der Waals surface area contributed by atoms with E-state index in [0.29, 0.717) is 0 Å². The van der Waals surface area contributed by atoms with Gasteiger partial charge in [-0.25, -0.2) is 0 Å². The Kier molecular flexibility index (Phi) is 6.18. The van der Waals surface area contributed by atoms with Crippen molar-refractivity contribution in [3.63, 3.8) is 0 Å². The Morgan fingerprint density at radius 1 is 1.00 bits per heavy atom. The Morgan fingerprint density at radius 2 is 1.75 bits per heavy atom. The minimum Gasteiger partial charge on any atom is -0.378 e. The van der Waals surface area contributed by atoms with Crippen molar-refractivity contribution in [1.82, 2.24) is 0 Å². The van der Waals surface area contributed by atoms with Gasteiger partial charge in [0.15, 0.2) is 6.20 Å². The summed E-state index contributed by atoms with van der Waals surface area (Å²) < 4.78 is 2.30. The monoisotopic (exact) mass is 373 g/mol. The molecule has 0 unspecified atom stereocenters. The molecule has 0 spiro atoms. The lowest BCUT2D eigenvalue weighted by Crippen LogP contribution is -2.35. The molecule has 1 heterocycles. The van der Waals surface area contributed by atoms with Crippen LogP contribution in [0.5, 0.6) is 0 Å². The van der Waals surface area contributed by atoms with Crippen LogP contribution in [0.25, 0.3) is 12.2 Å². The number of rotatable bonds is 5. The van der Waals surface area contributed by atoms with Crippen molar-refractivity contribution in [1.29, 1.82) is 0 Å². The minimum atomic E-state index is 0.279. The number of aromatic nitrogens is 1. The van der Waals surface area contributed by atoms with Gasteiger partial charge in [0.1, 0.15) is 6.54 Å². The molecule has 0 aliphatic heterocycles. The van der Waals surface area contributed by atoms with Gasteiger partial charge in [0.05, 0.1) is 0 Å². The molecule has 146 valence electrons. The van der Waals surface area contributed by atoms with Crippen LogP contribution in [0.1, 0.15) is 44.9 Å². The highest BCUT2D eigenvalue weighted by Gasteiger charge is 2.25. The van der Waals surface area contributed by atoms with Gasteiger partial charge in [0, 0.05) is 38.0 Å². The van der Waals surface area contributed by atoms with Gasteiger partial charge >= 0.3 is 0 Å². The van der Waals surface area contributed by atoms with Gasteiger partial charge in [-0.2, -0.15) is 4.57 Å². The average Bonchev–Trinajstić information content (AvgIpc) is 2.66. The van der Waals surface area contributed by atoms with Crippen LogP contribution in [0.15, 0.2) is 72.0 Å². The topological polar surface area (TPSA) is 7.12 Å². The third-order valence-corrected chi connectivity index (χ3v) is 5.29. The second-order valence-electron chi connectivity index (χ2n) is 8.69. The van der Waals surface area contributed by atoms with Gasteiger partial charge in [-0.15, -0.1) is 0 Å². The van der Waals surface area contributed by atoms with Gasteiger partial charge in [-0.3, -0.25) is 0 Å². The predicted octanol–water partition coefficient (Wildman–Crippen LogP) is 5.90. The van der Waals surface area contributed by atoms with Crippen molar-refractivity contribution in [3.05, 3.63) is 83.2 Å². The molecular weight excluding hydrogens is 340 g/mol. The van der Waals surface area contributed by atoms with Crippen LogP contribution in [0.4, 0.5) is 5.69 Å². The van der Waals surface area contributed by atoms with E-state index < -0.39 is 0 Å². The first-order valence-corrected chi connectivity index (χ1v) is 10.2. The molecule has 0 atom stereocenters. The van der Waals surface area contributed by atoms with E-state index in [4.69, 9.17) is 0 Å². The minimum absolute atomic E-state index is 0.279. The van der Waals surface area contributed by atoms with Crippen molar-refractivity contribution in [2.75, 3.05) is 19.0 Å². The molecule has 28 heavy (non-hydrogen) atoms. The number of allylic oxidation sites excluding steroid dienone is 4. The lowest BCUT2D eigenvalue weighted by Gasteiger charge is -2.30. The van der Waals surface area contributed by atoms with Gasteiger partial charge in [-0.05, 0) is 60.1 Å². The molecule has 1 aromatic heterocycles. The Morgan fingerprint density at radius 3 is 2.43 bits per heavy atom. The molecule has 0 saturated heterocycles. The SMILES string of the molecule is CC[n+]1ccccc1C=C1C=C(C=Cc2ccc(N(C)C)cc2)CC(C)(C)C1. The van der Waals surface area contributed by atoms with Crippen LogP contribution in [0.3, 0.4) is 0 Å². The maximum Gasteiger partial charge on any atom is 0.205 e. The van der Waals surface area contributed by atoms with Gasteiger partial charge in [0.25, 0.3) is 0 Å². The summed E-state index contributed by atoms with van der Waals surface area (Å²) in [6.07, 6.45) is 13.6. The molecule has 0 bridgehead atoms. The highest BCUT2D eigenvalue weighted by molar-refractivity contribution is 5.60. The number of nitrogens with zero attached hydrogens (tertiary/aromatic N) is 2. The number of benzene rings is 1. The first-order chi connectivity index (χ1) is 13.4.